The zero-order valence-corrected chi connectivity index (χ0v) is 19.2. The first-order valence-corrected chi connectivity index (χ1v) is 12.3. The van der Waals surface area contributed by atoms with Crippen molar-refractivity contribution in [3.63, 3.8) is 0 Å². The van der Waals surface area contributed by atoms with Crippen molar-refractivity contribution >= 4 is 33.2 Å². The number of sulfone groups is 1. The van der Waals surface area contributed by atoms with Crippen LogP contribution in [-0.4, -0.2) is 40.0 Å². The summed E-state index contributed by atoms with van der Waals surface area (Å²) in [7, 11) is -3.19. The van der Waals surface area contributed by atoms with Crippen LogP contribution >= 0.6 is 0 Å². The molecule has 1 heterocycles. The van der Waals surface area contributed by atoms with Crippen molar-refractivity contribution in [3.05, 3.63) is 88.8 Å². The second kappa shape index (κ2) is 10.4. The molecule has 4 rings (SSSR count). The number of rotatable bonds is 8. The maximum absolute atomic E-state index is 12.4. The molecular weight excluding hydrogens is 454 g/mol. The zero-order valence-electron chi connectivity index (χ0n) is 18.4. The quantitative estimate of drug-likeness (QED) is 0.335. The second-order valence-corrected chi connectivity index (χ2v) is 9.67. The predicted molar refractivity (Wildman–Crippen MR) is 132 cm³/mol. The molecule has 0 saturated carbocycles. The van der Waals surface area contributed by atoms with Gasteiger partial charge in [0, 0.05) is 12.1 Å². The molecule has 0 spiro atoms. The predicted octanol–water partition coefficient (Wildman–Crippen LogP) is 3.30. The molecule has 9 heteroatoms. The van der Waals surface area contributed by atoms with E-state index in [1.54, 1.807) is 66.7 Å². The van der Waals surface area contributed by atoms with Crippen molar-refractivity contribution in [2.45, 2.75) is 0 Å². The van der Waals surface area contributed by atoms with Gasteiger partial charge in [-0.05, 0) is 60.2 Å². The van der Waals surface area contributed by atoms with Gasteiger partial charge in [0.2, 0.25) is 0 Å². The fourth-order valence-electron chi connectivity index (χ4n) is 3.33. The van der Waals surface area contributed by atoms with Gasteiger partial charge < -0.3 is 20.5 Å². The van der Waals surface area contributed by atoms with Crippen LogP contribution < -0.4 is 25.8 Å². The molecule has 1 aliphatic rings. The zero-order chi connectivity index (χ0) is 24.0. The average Bonchev–Trinajstić information content (AvgIpc) is 3.17. The molecule has 3 aromatic rings. The third-order valence-electron chi connectivity index (χ3n) is 5.14. The van der Waals surface area contributed by atoms with E-state index in [4.69, 9.17) is 15.2 Å². The largest absolute Gasteiger partial charge is 0.490 e. The van der Waals surface area contributed by atoms with E-state index in [0.29, 0.717) is 53.1 Å². The summed E-state index contributed by atoms with van der Waals surface area (Å²) in [4.78, 5) is 12.8. The number of hydrogen-bond donors (Lipinski definition) is 3. The van der Waals surface area contributed by atoms with Crippen molar-refractivity contribution < 1.29 is 22.7 Å². The molecule has 0 aromatic heterocycles. The number of benzene rings is 3. The van der Waals surface area contributed by atoms with Crippen molar-refractivity contribution in [2.75, 3.05) is 36.7 Å². The lowest BCUT2D eigenvalue weighted by Crippen LogP contribution is -2.13. The molecule has 1 fully saturated rings. The molecule has 0 aliphatic carbocycles. The lowest BCUT2D eigenvalue weighted by Gasteiger charge is -2.10. The lowest BCUT2D eigenvalue weighted by atomic mass is 10.2. The van der Waals surface area contributed by atoms with Gasteiger partial charge in [0.25, 0.3) is 5.91 Å². The maximum atomic E-state index is 12.4. The minimum atomic E-state index is -3.19. The van der Waals surface area contributed by atoms with Crippen molar-refractivity contribution in [1.29, 1.82) is 0 Å². The highest BCUT2D eigenvalue weighted by atomic mass is 32.2. The van der Waals surface area contributed by atoms with E-state index in [9.17, 15) is 13.2 Å². The summed E-state index contributed by atoms with van der Waals surface area (Å²) in [5.74, 6) is 1.01. The normalized spacial score (nSPS) is 15.7. The van der Waals surface area contributed by atoms with Gasteiger partial charge in [-0.1, -0.05) is 24.3 Å². The smallest absolute Gasteiger partial charge is 0.255 e. The minimum absolute atomic E-state index is 0.0151. The van der Waals surface area contributed by atoms with Gasteiger partial charge in [0.05, 0.1) is 16.3 Å². The molecule has 4 N–H and O–H groups in total. The standard InChI is InChI=1S/C25H25N3O5S/c26-23-3-1-2-4-24(23)28-25(29)19-7-11-21(12-8-19)33-14-13-32-20-9-5-18(6-10-20)15-22-16-27-17-34(22,30)31/h1-12,15,27H,13-14,16-17,26H2,(H,28,29)/b22-15+. The van der Waals surface area contributed by atoms with Crippen LogP contribution in [0, 0.1) is 0 Å². The van der Waals surface area contributed by atoms with E-state index < -0.39 is 9.84 Å². The second-order valence-electron chi connectivity index (χ2n) is 7.63. The van der Waals surface area contributed by atoms with Crippen molar-refractivity contribution in [1.82, 2.24) is 5.32 Å². The molecule has 1 amide bonds. The van der Waals surface area contributed by atoms with Crippen molar-refractivity contribution in [3.8, 4) is 11.5 Å². The Morgan fingerprint density at radius 2 is 1.56 bits per heavy atom. The monoisotopic (exact) mass is 479 g/mol. The first-order valence-electron chi connectivity index (χ1n) is 10.7. The fraction of sp³-hybridized carbons (Fsp3) is 0.160. The number of para-hydroxylation sites is 2. The first kappa shape index (κ1) is 23.3. The van der Waals surface area contributed by atoms with E-state index >= 15 is 0 Å². The number of amides is 1. The lowest BCUT2D eigenvalue weighted by molar-refractivity contribution is 0.102. The molecular formula is C25H25N3O5S. The van der Waals surface area contributed by atoms with Crippen LogP contribution in [0.4, 0.5) is 11.4 Å². The molecule has 0 unspecified atom stereocenters. The van der Waals surface area contributed by atoms with Crippen LogP contribution in [0.15, 0.2) is 77.7 Å². The van der Waals surface area contributed by atoms with E-state index in [0.717, 1.165) is 5.56 Å². The Morgan fingerprint density at radius 3 is 2.15 bits per heavy atom. The first-order chi connectivity index (χ1) is 16.4. The van der Waals surface area contributed by atoms with E-state index in [1.165, 1.54) is 0 Å². The topological polar surface area (TPSA) is 120 Å². The fourth-order valence-corrected chi connectivity index (χ4v) is 4.52. The van der Waals surface area contributed by atoms with Gasteiger partial charge in [-0.3, -0.25) is 10.1 Å². The summed E-state index contributed by atoms with van der Waals surface area (Å²) in [6.45, 7) is 1.00. The van der Waals surface area contributed by atoms with Crippen molar-refractivity contribution in [2.24, 2.45) is 0 Å². The van der Waals surface area contributed by atoms with Crippen LogP contribution in [-0.2, 0) is 9.84 Å². The average molecular weight is 480 g/mol. The molecule has 1 aliphatic heterocycles. The third-order valence-corrected chi connectivity index (χ3v) is 6.79. The molecule has 34 heavy (non-hydrogen) atoms. The molecule has 0 bridgehead atoms. The van der Waals surface area contributed by atoms with Gasteiger partial charge in [-0.25, -0.2) is 8.42 Å². The number of hydrogen-bond acceptors (Lipinski definition) is 7. The molecule has 176 valence electrons. The number of nitrogens with one attached hydrogen (secondary N) is 2. The van der Waals surface area contributed by atoms with Gasteiger partial charge in [0.15, 0.2) is 9.84 Å². The Kier molecular flexibility index (Phi) is 7.15. The van der Waals surface area contributed by atoms with E-state index in [2.05, 4.69) is 10.6 Å². The van der Waals surface area contributed by atoms with Gasteiger partial charge in [0.1, 0.15) is 30.6 Å². The number of ether oxygens (including phenoxy) is 2. The molecule has 0 radical (unpaired) electrons. The van der Waals surface area contributed by atoms with Gasteiger partial charge >= 0.3 is 0 Å². The SMILES string of the molecule is Nc1ccccc1NC(=O)c1ccc(OCCOc2ccc(/C=C3\CNCS3(=O)=O)cc2)cc1. The van der Waals surface area contributed by atoms with Crippen LogP contribution in [0.3, 0.4) is 0 Å². The highest BCUT2D eigenvalue weighted by molar-refractivity contribution is 7.95. The summed E-state index contributed by atoms with van der Waals surface area (Å²) in [5, 5.41) is 5.63. The number of carbonyl (C=O) groups excluding carboxylic acids is 1. The van der Waals surface area contributed by atoms with E-state index in [-0.39, 0.29) is 11.8 Å². The molecule has 3 aromatic carbocycles. The number of nitrogen functional groups attached to an aromatic ring is 1. The van der Waals surface area contributed by atoms with Crippen LogP contribution in [0.5, 0.6) is 11.5 Å². The number of nitrogens with two attached hydrogens (primary N) is 1. The minimum Gasteiger partial charge on any atom is -0.490 e. The summed E-state index contributed by atoms with van der Waals surface area (Å²) in [6.07, 6.45) is 1.67. The Hall–Kier alpha value is -3.82. The third kappa shape index (κ3) is 5.94. The highest BCUT2D eigenvalue weighted by Crippen LogP contribution is 2.20. The number of carbonyl (C=O) groups is 1. The van der Waals surface area contributed by atoms with Gasteiger partial charge in [-0.2, -0.15) is 0 Å². The van der Waals surface area contributed by atoms with Crippen LogP contribution in [0.1, 0.15) is 15.9 Å². The molecule has 0 atom stereocenters. The van der Waals surface area contributed by atoms with Crippen LogP contribution in [0.25, 0.3) is 6.08 Å². The Labute approximate surface area is 198 Å². The maximum Gasteiger partial charge on any atom is 0.255 e. The molecule has 1 saturated heterocycles. The van der Waals surface area contributed by atoms with E-state index in [1.807, 2.05) is 12.1 Å². The summed E-state index contributed by atoms with van der Waals surface area (Å²) in [5.41, 5.74) is 8.21. The summed E-state index contributed by atoms with van der Waals surface area (Å²) < 4.78 is 35.1. The Morgan fingerprint density at radius 1 is 0.941 bits per heavy atom. The summed E-state index contributed by atoms with van der Waals surface area (Å²) >= 11 is 0. The van der Waals surface area contributed by atoms with Gasteiger partial charge in [-0.15, -0.1) is 0 Å². The Bertz CT molecular complexity index is 1290. The van der Waals surface area contributed by atoms with Crippen LogP contribution in [0.2, 0.25) is 0 Å². The molecule has 8 nitrogen and oxygen atoms in total. The highest BCUT2D eigenvalue weighted by Gasteiger charge is 2.23. The Balaban J connectivity index is 1.23. The summed E-state index contributed by atoms with van der Waals surface area (Å²) in [6, 6.07) is 21.1. The number of anilines is 2.